The number of carbonyl (C=O) groups is 1. The molecule has 2 aromatic carbocycles. The van der Waals surface area contributed by atoms with Crippen molar-refractivity contribution in [1.29, 1.82) is 0 Å². The van der Waals surface area contributed by atoms with E-state index in [9.17, 15) is 4.79 Å². The lowest BCUT2D eigenvalue weighted by atomic mass is 10.1. The fourth-order valence-electron chi connectivity index (χ4n) is 3.72. The van der Waals surface area contributed by atoms with Crippen molar-refractivity contribution >= 4 is 44.2 Å². The van der Waals surface area contributed by atoms with Crippen LogP contribution in [0.5, 0.6) is 5.75 Å². The molecule has 1 unspecified atom stereocenters. The van der Waals surface area contributed by atoms with Crippen LogP contribution in [0.15, 0.2) is 30.3 Å². The van der Waals surface area contributed by atoms with Gasteiger partial charge in [-0.1, -0.05) is 40.1 Å². The van der Waals surface area contributed by atoms with Crippen LogP contribution in [-0.2, 0) is 4.74 Å². The van der Waals surface area contributed by atoms with Gasteiger partial charge >= 0.3 is 0 Å². The van der Waals surface area contributed by atoms with Gasteiger partial charge in [0.25, 0.3) is 5.91 Å². The number of halogens is 1. The maximum Gasteiger partial charge on any atom is 0.260 e. The molecule has 0 bridgehead atoms. The first-order chi connectivity index (χ1) is 14.0. The molecule has 1 saturated heterocycles. The summed E-state index contributed by atoms with van der Waals surface area (Å²) in [6.45, 7) is 5.19. The Bertz CT molecular complexity index is 1040. The SMILES string of the molecule is COc1ccc(Cl)c2sc(N(CC3CCCO3)C(=O)c3cc(C)cc(C)c3)nc12. The molecular formula is C22H23ClN2O3S. The summed E-state index contributed by atoms with van der Waals surface area (Å²) in [7, 11) is 1.60. The summed E-state index contributed by atoms with van der Waals surface area (Å²) in [5.41, 5.74) is 3.43. The Hall–Kier alpha value is -2.15. The predicted octanol–water partition coefficient (Wildman–Crippen LogP) is 5.40. The molecule has 7 heteroatoms. The zero-order valence-corrected chi connectivity index (χ0v) is 18.3. The summed E-state index contributed by atoms with van der Waals surface area (Å²) in [5.74, 6) is 0.560. The van der Waals surface area contributed by atoms with Gasteiger partial charge in [0.1, 0.15) is 11.3 Å². The summed E-state index contributed by atoms with van der Waals surface area (Å²) >= 11 is 7.80. The molecule has 0 N–H and O–H groups in total. The minimum atomic E-state index is -0.0820. The number of hydrogen-bond donors (Lipinski definition) is 0. The number of nitrogens with zero attached hydrogens (tertiary/aromatic N) is 2. The van der Waals surface area contributed by atoms with Crippen LogP contribution in [0.25, 0.3) is 10.2 Å². The van der Waals surface area contributed by atoms with Crippen molar-refractivity contribution in [2.75, 3.05) is 25.2 Å². The maximum absolute atomic E-state index is 13.5. The first-order valence-electron chi connectivity index (χ1n) is 9.61. The molecule has 2 heterocycles. The van der Waals surface area contributed by atoms with Gasteiger partial charge in [-0.25, -0.2) is 4.98 Å². The molecule has 1 aliphatic heterocycles. The van der Waals surface area contributed by atoms with Crippen LogP contribution in [0.1, 0.15) is 34.3 Å². The van der Waals surface area contributed by atoms with Gasteiger partial charge in [0.15, 0.2) is 5.13 Å². The van der Waals surface area contributed by atoms with Gasteiger partial charge < -0.3 is 9.47 Å². The predicted molar refractivity (Wildman–Crippen MR) is 118 cm³/mol. The summed E-state index contributed by atoms with van der Waals surface area (Å²) in [5, 5.41) is 1.20. The van der Waals surface area contributed by atoms with E-state index in [1.807, 2.05) is 26.0 Å². The largest absolute Gasteiger partial charge is 0.494 e. The topological polar surface area (TPSA) is 51.7 Å². The Balaban J connectivity index is 1.79. The number of fused-ring (bicyclic) bond motifs is 1. The first kappa shape index (κ1) is 20.1. The Morgan fingerprint density at radius 1 is 1.31 bits per heavy atom. The Morgan fingerprint density at radius 2 is 2.07 bits per heavy atom. The van der Waals surface area contributed by atoms with Crippen LogP contribution in [0.2, 0.25) is 5.02 Å². The van der Waals surface area contributed by atoms with Gasteiger partial charge in [-0.15, -0.1) is 0 Å². The second-order valence-electron chi connectivity index (χ2n) is 7.35. The van der Waals surface area contributed by atoms with Gasteiger partial charge in [-0.3, -0.25) is 9.69 Å². The Kier molecular flexibility index (Phi) is 5.76. The smallest absolute Gasteiger partial charge is 0.260 e. The average molecular weight is 431 g/mol. The molecule has 0 saturated carbocycles. The highest BCUT2D eigenvalue weighted by Crippen LogP contribution is 2.39. The number of methoxy groups -OCH3 is 1. The van der Waals surface area contributed by atoms with Gasteiger partial charge in [0.05, 0.1) is 29.5 Å². The average Bonchev–Trinajstić information content (AvgIpc) is 3.35. The molecule has 4 rings (SSSR count). The Labute approximate surface area is 179 Å². The van der Waals surface area contributed by atoms with Crippen molar-refractivity contribution in [1.82, 2.24) is 4.98 Å². The first-order valence-corrected chi connectivity index (χ1v) is 10.8. The highest BCUT2D eigenvalue weighted by molar-refractivity contribution is 7.23. The highest BCUT2D eigenvalue weighted by Gasteiger charge is 2.28. The highest BCUT2D eigenvalue weighted by atomic mass is 35.5. The van der Waals surface area contributed by atoms with E-state index in [1.165, 1.54) is 11.3 Å². The third-order valence-electron chi connectivity index (χ3n) is 5.02. The molecule has 1 aliphatic rings. The third kappa shape index (κ3) is 4.10. The van der Waals surface area contributed by atoms with E-state index >= 15 is 0 Å². The van der Waals surface area contributed by atoms with E-state index < -0.39 is 0 Å². The van der Waals surface area contributed by atoms with E-state index in [0.717, 1.165) is 35.3 Å². The second kappa shape index (κ2) is 8.30. The van der Waals surface area contributed by atoms with E-state index in [4.69, 9.17) is 26.1 Å². The fourth-order valence-corrected chi connectivity index (χ4v) is 4.98. The van der Waals surface area contributed by atoms with Crippen molar-refractivity contribution in [3.05, 3.63) is 52.0 Å². The Morgan fingerprint density at radius 3 is 2.72 bits per heavy atom. The van der Waals surface area contributed by atoms with Crippen molar-refractivity contribution in [3.63, 3.8) is 0 Å². The number of ether oxygens (including phenoxy) is 2. The molecule has 1 fully saturated rings. The van der Waals surface area contributed by atoms with Crippen LogP contribution < -0.4 is 9.64 Å². The fraction of sp³-hybridized carbons (Fsp3) is 0.364. The van der Waals surface area contributed by atoms with Crippen molar-refractivity contribution in [2.24, 2.45) is 0 Å². The lowest BCUT2D eigenvalue weighted by Gasteiger charge is -2.23. The molecule has 1 amide bonds. The number of benzene rings is 2. The lowest BCUT2D eigenvalue weighted by molar-refractivity contribution is 0.0917. The number of aromatic nitrogens is 1. The number of hydrogen-bond acceptors (Lipinski definition) is 5. The van der Waals surface area contributed by atoms with Crippen molar-refractivity contribution < 1.29 is 14.3 Å². The molecule has 1 atom stereocenters. The van der Waals surface area contributed by atoms with Crippen LogP contribution in [-0.4, -0.2) is 37.3 Å². The number of amides is 1. The molecule has 5 nitrogen and oxygen atoms in total. The van der Waals surface area contributed by atoms with Crippen molar-refractivity contribution in [3.8, 4) is 5.75 Å². The standard InChI is InChI=1S/C22H23ClN2O3S/c1-13-9-14(2)11-15(10-13)21(26)25(12-16-5-4-8-28-16)22-24-19-18(27-3)7-6-17(23)20(19)29-22/h6-7,9-11,16H,4-5,8,12H2,1-3H3. The number of aryl methyl sites for hydroxylation is 2. The van der Waals surface area contributed by atoms with Crippen LogP contribution >= 0.6 is 22.9 Å². The number of rotatable bonds is 5. The molecule has 1 aromatic heterocycles. The number of anilines is 1. The third-order valence-corrected chi connectivity index (χ3v) is 6.56. The quantitative estimate of drug-likeness (QED) is 0.543. The molecule has 3 aromatic rings. The van der Waals surface area contributed by atoms with Gasteiger partial charge in [-0.2, -0.15) is 0 Å². The monoisotopic (exact) mass is 430 g/mol. The summed E-state index contributed by atoms with van der Waals surface area (Å²) in [6.07, 6.45) is 1.95. The van der Waals surface area contributed by atoms with Gasteiger partial charge in [0, 0.05) is 12.2 Å². The maximum atomic E-state index is 13.5. The number of carbonyl (C=O) groups excluding carboxylic acids is 1. The number of thiazole rings is 1. The zero-order valence-electron chi connectivity index (χ0n) is 16.7. The molecule has 29 heavy (non-hydrogen) atoms. The second-order valence-corrected chi connectivity index (χ2v) is 8.74. The van der Waals surface area contributed by atoms with E-state index in [0.29, 0.717) is 33.5 Å². The molecular weight excluding hydrogens is 408 g/mol. The van der Waals surface area contributed by atoms with E-state index in [-0.39, 0.29) is 12.0 Å². The minimum Gasteiger partial charge on any atom is -0.494 e. The van der Waals surface area contributed by atoms with Crippen molar-refractivity contribution in [2.45, 2.75) is 32.8 Å². The summed E-state index contributed by atoms with van der Waals surface area (Å²) in [6, 6.07) is 9.48. The minimum absolute atomic E-state index is 0.00855. The van der Waals surface area contributed by atoms with Gasteiger partial charge in [0.2, 0.25) is 0 Å². The normalized spacial score (nSPS) is 16.3. The molecule has 0 aliphatic carbocycles. The van der Waals surface area contributed by atoms with E-state index in [1.54, 1.807) is 24.1 Å². The molecule has 152 valence electrons. The molecule has 0 spiro atoms. The molecule has 0 radical (unpaired) electrons. The lowest BCUT2D eigenvalue weighted by Crippen LogP contribution is -2.37. The van der Waals surface area contributed by atoms with Crippen LogP contribution in [0.4, 0.5) is 5.13 Å². The zero-order chi connectivity index (χ0) is 20.5. The van der Waals surface area contributed by atoms with Crippen LogP contribution in [0.3, 0.4) is 0 Å². The van der Waals surface area contributed by atoms with E-state index in [2.05, 4.69) is 6.07 Å². The van der Waals surface area contributed by atoms with Crippen LogP contribution in [0, 0.1) is 13.8 Å². The van der Waals surface area contributed by atoms with Gasteiger partial charge in [-0.05, 0) is 51.0 Å². The summed E-state index contributed by atoms with van der Waals surface area (Å²) in [4.78, 5) is 20.0. The summed E-state index contributed by atoms with van der Waals surface area (Å²) < 4.78 is 12.1.